The van der Waals surface area contributed by atoms with Crippen molar-refractivity contribution in [1.29, 1.82) is 0 Å². The second-order valence-electron chi connectivity index (χ2n) is 3.89. The van der Waals surface area contributed by atoms with Crippen LogP contribution in [0.15, 0.2) is 23.8 Å². The summed E-state index contributed by atoms with van der Waals surface area (Å²) >= 11 is 0. The molecule has 0 aliphatic heterocycles. The van der Waals surface area contributed by atoms with Crippen LogP contribution in [0, 0.1) is 13.8 Å². The van der Waals surface area contributed by atoms with Crippen molar-refractivity contribution in [2.75, 3.05) is 19.1 Å². The van der Waals surface area contributed by atoms with Gasteiger partial charge in [0.25, 0.3) is 0 Å². The lowest BCUT2D eigenvalue weighted by Crippen LogP contribution is -2.18. The molecule has 4 nitrogen and oxygen atoms in total. The number of rotatable bonds is 5. The highest BCUT2D eigenvalue weighted by molar-refractivity contribution is 5.88. The van der Waals surface area contributed by atoms with Crippen LogP contribution in [0.25, 0.3) is 0 Å². The minimum absolute atomic E-state index is 0.254. The summed E-state index contributed by atoms with van der Waals surface area (Å²) in [7, 11) is 1.40. The van der Waals surface area contributed by atoms with E-state index in [1.54, 1.807) is 0 Å². The summed E-state index contributed by atoms with van der Waals surface area (Å²) in [6.07, 6.45) is 2.54. The Hall–Kier alpha value is -1.71. The van der Waals surface area contributed by atoms with Gasteiger partial charge in [-0.1, -0.05) is 13.0 Å². The SMILES string of the molecule is CC/C(=C/CNn1c(C)ccc1C)C(=O)OC. The molecular weight excluding hydrogens is 216 g/mol. The van der Waals surface area contributed by atoms with Gasteiger partial charge in [-0.3, -0.25) is 4.68 Å². The Morgan fingerprint density at radius 3 is 2.47 bits per heavy atom. The molecule has 0 aliphatic rings. The Morgan fingerprint density at radius 1 is 1.41 bits per heavy atom. The molecule has 1 aromatic rings. The highest BCUT2D eigenvalue weighted by Gasteiger charge is 2.06. The van der Waals surface area contributed by atoms with Crippen LogP contribution < -0.4 is 5.43 Å². The molecule has 0 aromatic carbocycles. The molecule has 0 spiro atoms. The van der Waals surface area contributed by atoms with Crippen molar-refractivity contribution in [1.82, 2.24) is 4.68 Å². The van der Waals surface area contributed by atoms with Crippen LogP contribution in [0.5, 0.6) is 0 Å². The molecule has 0 aliphatic carbocycles. The van der Waals surface area contributed by atoms with Crippen LogP contribution in [0.1, 0.15) is 24.7 Å². The number of esters is 1. The van der Waals surface area contributed by atoms with Crippen LogP contribution in [0.4, 0.5) is 0 Å². The summed E-state index contributed by atoms with van der Waals surface area (Å²) in [6.45, 7) is 6.61. The standard InChI is InChI=1S/C13H20N2O2/c1-5-12(13(16)17-4)8-9-14-15-10(2)6-7-11(15)3/h6-8,14H,5,9H2,1-4H3/b12-8-. The van der Waals surface area contributed by atoms with Crippen LogP contribution in [-0.2, 0) is 9.53 Å². The molecule has 94 valence electrons. The summed E-state index contributed by atoms with van der Waals surface area (Å²) in [5.74, 6) is -0.254. The Bertz CT molecular complexity index is 400. The molecule has 0 unspecified atom stereocenters. The number of carbonyl (C=O) groups excluding carboxylic acids is 1. The van der Waals surface area contributed by atoms with Gasteiger partial charge in [-0.15, -0.1) is 0 Å². The van der Waals surface area contributed by atoms with Crippen molar-refractivity contribution in [3.8, 4) is 0 Å². The predicted molar refractivity (Wildman–Crippen MR) is 68.5 cm³/mol. The van der Waals surface area contributed by atoms with E-state index in [9.17, 15) is 4.79 Å². The fourth-order valence-corrected chi connectivity index (χ4v) is 1.68. The molecule has 4 heteroatoms. The first-order chi connectivity index (χ1) is 8.10. The zero-order chi connectivity index (χ0) is 12.8. The fraction of sp³-hybridized carbons (Fsp3) is 0.462. The molecule has 0 saturated heterocycles. The highest BCUT2D eigenvalue weighted by atomic mass is 16.5. The lowest BCUT2D eigenvalue weighted by Gasteiger charge is -2.11. The maximum atomic E-state index is 11.3. The molecular formula is C13H20N2O2. The van der Waals surface area contributed by atoms with E-state index in [4.69, 9.17) is 4.74 Å². The lowest BCUT2D eigenvalue weighted by atomic mass is 10.2. The van der Waals surface area contributed by atoms with E-state index in [2.05, 4.69) is 5.43 Å². The first kappa shape index (κ1) is 13.4. The number of nitrogens with one attached hydrogen (secondary N) is 1. The van der Waals surface area contributed by atoms with E-state index in [0.29, 0.717) is 18.5 Å². The number of carbonyl (C=O) groups is 1. The zero-order valence-electron chi connectivity index (χ0n) is 10.9. The predicted octanol–water partition coefficient (Wildman–Crippen LogP) is 2.16. The van der Waals surface area contributed by atoms with Crippen molar-refractivity contribution < 1.29 is 9.53 Å². The third-order valence-electron chi connectivity index (χ3n) is 2.70. The van der Waals surface area contributed by atoms with Crippen molar-refractivity contribution in [2.45, 2.75) is 27.2 Å². The summed E-state index contributed by atoms with van der Waals surface area (Å²) in [5, 5.41) is 0. The molecule has 0 radical (unpaired) electrons. The number of aromatic nitrogens is 1. The highest BCUT2D eigenvalue weighted by Crippen LogP contribution is 2.05. The van der Waals surface area contributed by atoms with Crippen molar-refractivity contribution >= 4 is 5.97 Å². The van der Waals surface area contributed by atoms with Gasteiger partial charge in [0.15, 0.2) is 0 Å². The first-order valence-electron chi connectivity index (χ1n) is 5.76. The Morgan fingerprint density at radius 2 is 2.00 bits per heavy atom. The zero-order valence-corrected chi connectivity index (χ0v) is 10.9. The van der Waals surface area contributed by atoms with E-state index in [0.717, 1.165) is 11.4 Å². The van der Waals surface area contributed by atoms with Crippen LogP contribution in [0.2, 0.25) is 0 Å². The molecule has 0 bridgehead atoms. The van der Waals surface area contributed by atoms with Gasteiger partial charge in [-0.25, -0.2) is 4.79 Å². The van der Waals surface area contributed by atoms with Gasteiger partial charge < -0.3 is 10.2 Å². The largest absolute Gasteiger partial charge is 0.466 e. The van der Waals surface area contributed by atoms with Crippen molar-refractivity contribution in [2.24, 2.45) is 0 Å². The number of ether oxygens (including phenoxy) is 1. The molecule has 1 rings (SSSR count). The third-order valence-corrected chi connectivity index (χ3v) is 2.70. The summed E-state index contributed by atoms with van der Waals surface area (Å²) in [5.41, 5.74) is 6.22. The molecule has 17 heavy (non-hydrogen) atoms. The summed E-state index contributed by atoms with van der Waals surface area (Å²) in [6, 6.07) is 4.10. The van der Waals surface area contributed by atoms with Crippen LogP contribution >= 0.6 is 0 Å². The van der Waals surface area contributed by atoms with E-state index in [1.165, 1.54) is 7.11 Å². The average molecular weight is 236 g/mol. The molecule has 1 heterocycles. The monoisotopic (exact) mass is 236 g/mol. The molecule has 0 atom stereocenters. The fourth-order valence-electron chi connectivity index (χ4n) is 1.68. The van der Waals surface area contributed by atoms with Crippen molar-refractivity contribution in [3.63, 3.8) is 0 Å². The van der Waals surface area contributed by atoms with Gasteiger partial charge in [0.1, 0.15) is 0 Å². The van der Waals surface area contributed by atoms with Gasteiger partial charge in [-0.2, -0.15) is 0 Å². The minimum atomic E-state index is -0.254. The van der Waals surface area contributed by atoms with Gasteiger partial charge in [0.05, 0.1) is 13.7 Å². The van der Waals surface area contributed by atoms with E-state index in [-0.39, 0.29) is 5.97 Å². The summed E-state index contributed by atoms with van der Waals surface area (Å²) < 4.78 is 6.70. The Balaban J connectivity index is 2.62. The van der Waals surface area contributed by atoms with Crippen LogP contribution in [-0.4, -0.2) is 24.3 Å². The maximum Gasteiger partial charge on any atom is 0.333 e. The van der Waals surface area contributed by atoms with Gasteiger partial charge >= 0.3 is 5.97 Å². The van der Waals surface area contributed by atoms with Crippen molar-refractivity contribution in [3.05, 3.63) is 35.2 Å². The third kappa shape index (κ3) is 3.37. The minimum Gasteiger partial charge on any atom is -0.466 e. The van der Waals surface area contributed by atoms with E-state index in [1.807, 2.05) is 43.7 Å². The number of hydrogen-bond acceptors (Lipinski definition) is 3. The number of methoxy groups -OCH3 is 1. The van der Waals surface area contributed by atoms with Gasteiger partial charge in [-0.05, 0) is 32.4 Å². The van der Waals surface area contributed by atoms with E-state index < -0.39 is 0 Å². The molecule has 0 fully saturated rings. The quantitative estimate of drug-likeness (QED) is 0.629. The molecule has 1 aromatic heterocycles. The topological polar surface area (TPSA) is 43.3 Å². The second-order valence-corrected chi connectivity index (χ2v) is 3.89. The van der Waals surface area contributed by atoms with Crippen LogP contribution in [0.3, 0.4) is 0 Å². The number of aryl methyl sites for hydroxylation is 2. The van der Waals surface area contributed by atoms with Gasteiger partial charge in [0.2, 0.25) is 0 Å². The maximum absolute atomic E-state index is 11.3. The second kappa shape index (κ2) is 6.13. The Kier molecular flexibility index (Phi) is 4.82. The smallest absolute Gasteiger partial charge is 0.333 e. The first-order valence-corrected chi connectivity index (χ1v) is 5.76. The normalized spacial score (nSPS) is 11.4. The number of hydrogen-bond donors (Lipinski definition) is 1. The van der Waals surface area contributed by atoms with E-state index >= 15 is 0 Å². The average Bonchev–Trinajstić information content (AvgIpc) is 2.64. The molecule has 0 amide bonds. The lowest BCUT2D eigenvalue weighted by molar-refractivity contribution is -0.136. The molecule has 1 N–H and O–H groups in total. The molecule has 0 saturated carbocycles. The summed E-state index contributed by atoms with van der Waals surface area (Å²) in [4.78, 5) is 11.3. The Labute approximate surface area is 102 Å². The number of nitrogens with zero attached hydrogens (tertiary/aromatic N) is 1. The van der Waals surface area contributed by atoms with Gasteiger partial charge in [0, 0.05) is 17.0 Å².